The van der Waals surface area contributed by atoms with Gasteiger partial charge in [-0.15, -0.1) is 13.2 Å². The second-order valence-electron chi connectivity index (χ2n) is 3.35. The number of aliphatic hydroxyl groups is 1. The van der Waals surface area contributed by atoms with E-state index in [4.69, 9.17) is 28.3 Å². The molecular formula is C11H9Cl2F3N2O. The van der Waals surface area contributed by atoms with Crippen LogP contribution >= 0.6 is 23.2 Å². The Balaban J connectivity index is 0.000000861. The van der Waals surface area contributed by atoms with Crippen molar-refractivity contribution in [3.05, 3.63) is 41.2 Å². The van der Waals surface area contributed by atoms with Gasteiger partial charge in [0.1, 0.15) is 5.82 Å². The Kier molecular flexibility index (Phi) is 4.84. The van der Waals surface area contributed by atoms with E-state index in [1.54, 1.807) is 0 Å². The fourth-order valence-corrected chi connectivity index (χ4v) is 1.63. The van der Waals surface area contributed by atoms with Gasteiger partial charge in [0.25, 0.3) is 0 Å². The zero-order chi connectivity index (χ0) is 14.8. The summed E-state index contributed by atoms with van der Waals surface area (Å²) in [6.45, 7) is 6.00. The molecule has 1 atom stereocenters. The highest BCUT2D eigenvalue weighted by molar-refractivity contribution is 6.42. The molecule has 3 nitrogen and oxygen atoms in total. The van der Waals surface area contributed by atoms with Crippen LogP contribution in [-0.4, -0.2) is 21.3 Å². The molecule has 0 aliphatic carbocycles. The van der Waals surface area contributed by atoms with Crippen molar-refractivity contribution < 1.29 is 18.3 Å². The van der Waals surface area contributed by atoms with Gasteiger partial charge in [-0.25, -0.2) is 4.98 Å². The maximum Gasteiger partial charge on any atom is 0.421 e. The first kappa shape index (κ1) is 15.8. The van der Waals surface area contributed by atoms with Crippen LogP contribution in [0.15, 0.2) is 25.3 Å². The lowest BCUT2D eigenvalue weighted by molar-refractivity contribution is -0.208. The van der Waals surface area contributed by atoms with E-state index >= 15 is 0 Å². The minimum atomic E-state index is -4.78. The number of H-pyrrole nitrogens is 1. The molecule has 0 unspecified atom stereocenters. The number of imidazole rings is 1. The van der Waals surface area contributed by atoms with Crippen LogP contribution in [-0.2, 0) is 0 Å². The topological polar surface area (TPSA) is 48.9 Å². The number of nitrogens with one attached hydrogen (secondary N) is 1. The highest BCUT2D eigenvalue weighted by Crippen LogP contribution is 2.33. The van der Waals surface area contributed by atoms with Crippen molar-refractivity contribution in [2.24, 2.45) is 0 Å². The minimum absolute atomic E-state index is 0.179. The molecule has 0 saturated carbocycles. The van der Waals surface area contributed by atoms with E-state index in [1.807, 2.05) is 0 Å². The number of aromatic amines is 1. The number of hydrogen-bond acceptors (Lipinski definition) is 2. The van der Waals surface area contributed by atoms with E-state index in [0.29, 0.717) is 0 Å². The van der Waals surface area contributed by atoms with Crippen LogP contribution in [0.2, 0.25) is 10.0 Å². The fourth-order valence-electron chi connectivity index (χ4n) is 1.31. The molecule has 0 aliphatic rings. The molecule has 104 valence electrons. The second kappa shape index (κ2) is 5.81. The molecule has 8 heteroatoms. The fraction of sp³-hybridized carbons (Fsp3) is 0.182. The van der Waals surface area contributed by atoms with Crippen LogP contribution in [0, 0.1) is 0 Å². The first-order valence-corrected chi connectivity index (χ1v) is 5.64. The summed E-state index contributed by atoms with van der Waals surface area (Å²) in [4.78, 5) is 5.96. The molecular weight excluding hydrogens is 304 g/mol. The molecule has 0 fully saturated rings. The van der Waals surface area contributed by atoms with E-state index in [-0.39, 0.29) is 21.1 Å². The summed E-state index contributed by atoms with van der Waals surface area (Å²) >= 11 is 11.4. The molecule has 0 aliphatic heterocycles. The monoisotopic (exact) mass is 312 g/mol. The summed E-state index contributed by atoms with van der Waals surface area (Å²) in [6.07, 6.45) is -7.44. The third-order valence-electron chi connectivity index (χ3n) is 2.11. The predicted molar refractivity (Wildman–Crippen MR) is 68.4 cm³/mol. The quantitative estimate of drug-likeness (QED) is 0.773. The Morgan fingerprint density at radius 3 is 2.26 bits per heavy atom. The van der Waals surface area contributed by atoms with Crippen molar-refractivity contribution in [3.8, 4) is 0 Å². The van der Waals surface area contributed by atoms with Crippen LogP contribution < -0.4 is 0 Å². The molecule has 0 saturated heterocycles. The molecule has 0 radical (unpaired) electrons. The molecule has 1 aromatic heterocycles. The lowest BCUT2D eigenvalue weighted by Crippen LogP contribution is -2.21. The summed E-state index contributed by atoms with van der Waals surface area (Å²) in [5.74, 6) is -0.592. The summed E-state index contributed by atoms with van der Waals surface area (Å²) in [7, 11) is 0. The zero-order valence-electron chi connectivity index (χ0n) is 9.43. The maximum absolute atomic E-state index is 12.3. The van der Waals surface area contributed by atoms with Crippen molar-refractivity contribution in [1.82, 2.24) is 9.97 Å². The standard InChI is InChI=1S/C9H5Cl2F3N2O.C2H4/c10-3-1-5-6(2-4(3)11)16-8(15-5)7(17)9(12,13)14;1-2/h1-2,7,17H,(H,15,16);1-2H2/t7-;/m1./s1. The van der Waals surface area contributed by atoms with Crippen molar-refractivity contribution in [1.29, 1.82) is 0 Å². The normalized spacial score (nSPS) is 12.9. The third kappa shape index (κ3) is 3.40. The number of aromatic nitrogens is 2. The van der Waals surface area contributed by atoms with E-state index in [2.05, 4.69) is 23.1 Å². The van der Waals surface area contributed by atoms with Gasteiger partial charge < -0.3 is 10.1 Å². The van der Waals surface area contributed by atoms with Crippen molar-refractivity contribution >= 4 is 34.2 Å². The molecule has 1 aromatic carbocycles. The van der Waals surface area contributed by atoms with E-state index < -0.39 is 18.1 Å². The number of rotatable bonds is 1. The molecule has 2 N–H and O–H groups in total. The largest absolute Gasteiger partial charge is 0.421 e. The molecule has 1 heterocycles. The summed E-state index contributed by atoms with van der Waals surface area (Å²) in [5, 5.41) is 9.38. The highest BCUT2D eigenvalue weighted by Gasteiger charge is 2.41. The average Bonchev–Trinajstić information content (AvgIpc) is 2.73. The van der Waals surface area contributed by atoms with E-state index in [1.165, 1.54) is 12.1 Å². The Morgan fingerprint density at radius 2 is 1.74 bits per heavy atom. The van der Waals surface area contributed by atoms with Gasteiger partial charge >= 0.3 is 6.18 Å². The number of nitrogens with zero attached hydrogens (tertiary/aromatic N) is 1. The number of benzene rings is 1. The van der Waals surface area contributed by atoms with Crippen LogP contribution in [0.5, 0.6) is 0 Å². The summed E-state index contributed by atoms with van der Waals surface area (Å²) < 4.78 is 36.8. The first-order valence-electron chi connectivity index (χ1n) is 4.88. The Morgan fingerprint density at radius 1 is 1.21 bits per heavy atom. The van der Waals surface area contributed by atoms with E-state index in [9.17, 15) is 13.2 Å². The molecule has 2 rings (SSSR count). The first-order chi connectivity index (χ1) is 8.79. The number of alkyl halides is 3. The van der Waals surface area contributed by atoms with Crippen molar-refractivity contribution in [3.63, 3.8) is 0 Å². The SMILES string of the molecule is C=C.O[C@H](c1nc2cc(Cl)c(Cl)cc2[nH]1)C(F)(F)F. The lowest BCUT2D eigenvalue weighted by Gasteiger charge is -2.10. The number of aliphatic hydroxyl groups excluding tert-OH is 1. The Labute approximate surface area is 116 Å². The molecule has 0 amide bonds. The predicted octanol–water partition coefficient (Wildman–Crippen LogP) is 4.27. The number of hydrogen-bond donors (Lipinski definition) is 2. The van der Waals surface area contributed by atoms with Gasteiger partial charge in [-0.2, -0.15) is 13.2 Å². The van der Waals surface area contributed by atoms with Crippen molar-refractivity contribution in [2.75, 3.05) is 0 Å². The summed E-state index contributed by atoms with van der Waals surface area (Å²) in [5.41, 5.74) is 0.482. The lowest BCUT2D eigenvalue weighted by atomic mass is 10.3. The Bertz CT molecular complexity index is 544. The third-order valence-corrected chi connectivity index (χ3v) is 2.83. The minimum Gasteiger partial charge on any atom is -0.377 e. The van der Waals surface area contributed by atoms with Gasteiger partial charge in [0.05, 0.1) is 21.1 Å². The van der Waals surface area contributed by atoms with Crippen molar-refractivity contribution in [2.45, 2.75) is 12.3 Å². The molecule has 19 heavy (non-hydrogen) atoms. The van der Waals surface area contributed by atoms with Crippen LogP contribution in [0.1, 0.15) is 11.9 Å². The Hall–Kier alpha value is -1.24. The zero-order valence-corrected chi connectivity index (χ0v) is 10.9. The maximum atomic E-state index is 12.3. The smallest absolute Gasteiger partial charge is 0.377 e. The average molecular weight is 313 g/mol. The van der Waals surface area contributed by atoms with Crippen LogP contribution in [0.25, 0.3) is 11.0 Å². The summed E-state index contributed by atoms with van der Waals surface area (Å²) in [6, 6.07) is 2.67. The van der Waals surface area contributed by atoms with Gasteiger partial charge in [0, 0.05) is 0 Å². The highest BCUT2D eigenvalue weighted by atomic mass is 35.5. The van der Waals surface area contributed by atoms with E-state index in [0.717, 1.165) is 0 Å². The van der Waals surface area contributed by atoms with Crippen LogP contribution in [0.3, 0.4) is 0 Å². The second-order valence-corrected chi connectivity index (χ2v) is 4.16. The van der Waals surface area contributed by atoms with Gasteiger partial charge in [0.2, 0.25) is 6.10 Å². The van der Waals surface area contributed by atoms with Crippen LogP contribution in [0.4, 0.5) is 13.2 Å². The number of halogens is 5. The van der Waals surface area contributed by atoms with Gasteiger partial charge in [-0.3, -0.25) is 0 Å². The van der Waals surface area contributed by atoms with Gasteiger partial charge in [-0.05, 0) is 12.1 Å². The van der Waals surface area contributed by atoms with Gasteiger partial charge in [0.15, 0.2) is 0 Å². The van der Waals surface area contributed by atoms with Gasteiger partial charge in [-0.1, -0.05) is 23.2 Å². The molecule has 0 spiro atoms. The number of fused-ring (bicyclic) bond motifs is 1. The molecule has 0 bridgehead atoms. The molecule has 2 aromatic rings.